The van der Waals surface area contributed by atoms with Gasteiger partial charge in [0.15, 0.2) is 0 Å². The standard InChI is InChI=1S/C14H21BrN2O3/c1-9(19-3)8-16-14(18)17-10(2)11-5-6-13(20-4)12(15)7-11/h5-7,9-10H,8H2,1-4H3,(H2,16,17,18). The molecule has 1 aromatic carbocycles. The van der Waals surface area contributed by atoms with Gasteiger partial charge in [-0.15, -0.1) is 0 Å². The number of amides is 2. The summed E-state index contributed by atoms with van der Waals surface area (Å²) in [7, 11) is 3.23. The quantitative estimate of drug-likeness (QED) is 0.834. The van der Waals surface area contributed by atoms with E-state index in [1.54, 1.807) is 14.2 Å². The van der Waals surface area contributed by atoms with E-state index < -0.39 is 0 Å². The maximum absolute atomic E-state index is 11.7. The highest BCUT2D eigenvalue weighted by Gasteiger charge is 2.11. The largest absolute Gasteiger partial charge is 0.496 e. The highest BCUT2D eigenvalue weighted by Crippen LogP contribution is 2.27. The van der Waals surface area contributed by atoms with Gasteiger partial charge in [0.1, 0.15) is 5.75 Å². The van der Waals surface area contributed by atoms with Gasteiger partial charge in [-0.05, 0) is 47.5 Å². The van der Waals surface area contributed by atoms with E-state index in [1.807, 2.05) is 32.0 Å². The molecule has 0 radical (unpaired) electrons. The first-order valence-corrected chi connectivity index (χ1v) is 7.17. The molecule has 0 aliphatic heterocycles. The zero-order valence-corrected chi connectivity index (χ0v) is 13.8. The summed E-state index contributed by atoms with van der Waals surface area (Å²) in [5, 5.41) is 5.63. The normalized spacial score (nSPS) is 13.4. The summed E-state index contributed by atoms with van der Waals surface area (Å²) in [4.78, 5) is 11.7. The second-order valence-corrected chi connectivity index (χ2v) is 5.37. The minimum atomic E-state index is -0.214. The summed E-state index contributed by atoms with van der Waals surface area (Å²) in [6.07, 6.45) is -0.00816. The van der Waals surface area contributed by atoms with Crippen LogP contribution in [0.5, 0.6) is 5.75 Å². The Balaban J connectivity index is 2.55. The van der Waals surface area contributed by atoms with Gasteiger partial charge in [0.25, 0.3) is 0 Å². The van der Waals surface area contributed by atoms with Gasteiger partial charge in [-0.2, -0.15) is 0 Å². The number of carbonyl (C=O) groups is 1. The zero-order chi connectivity index (χ0) is 15.1. The molecule has 6 heteroatoms. The van der Waals surface area contributed by atoms with Crippen molar-refractivity contribution in [2.75, 3.05) is 20.8 Å². The molecule has 0 aliphatic carbocycles. The lowest BCUT2D eigenvalue weighted by Gasteiger charge is -2.17. The molecule has 5 nitrogen and oxygen atoms in total. The van der Waals surface area contributed by atoms with Crippen molar-refractivity contribution in [2.45, 2.75) is 26.0 Å². The third-order valence-corrected chi connectivity index (χ3v) is 3.60. The van der Waals surface area contributed by atoms with Gasteiger partial charge in [0, 0.05) is 13.7 Å². The van der Waals surface area contributed by atoms with Crippen LogP contribution in [-0.4, -0.2) is 32.9 Å². The number of hydrogen-bond donors (Lipinski definition) is 2. The fraction of sp³-hybridized carbons (Fsp3) is 0.500. The molecule has 0 aromatic heterocycles. The summed E-state index contributed by atoms with van der Waals surface area (Å²) in [5.74, 6) is 0.763. The van der Waals surface area contributed by atoms with Crippen LogP contribution in [0.3, 0.4) is 0 Å². The molecule has 0 aliphatic rings. The fourth-order valence-electron chi connectivity index (χ4n) is 1.60. The van der Waals surface area contributed by atoms with Crippen LogP contribution < -0.4 is 15.4 Å². The smallest absolute Gasteiger partial charge is 0.315 e. The van der Waals surface area contributed by atoms with E-state index in [0.717, 1.165) is 15.8 Å². The van der Waals surface area contributed by atoms with Crippen LogP contribution in [0.4, 0.5) is 4.79 Å². The molecular weight excluding hydrogens is 324 g/mol. The van der Waals surface area contributed by atoms with E-state index in [1.165, 1.54) is 0 Å². The molecule has 20 heavy (non-hydrogen) atoms. The van der Waals surface area contributed by atoms with Gasteiger partial charge in [0.05, 0.1) is 23.7 Å². The van der Waals surface area contributed by atoms with Gasteiger partial charge in [-0.1, -0.05) is 6.07 Å². The highest BCUT2D eigenvalue weighted by atomic mass is 79.9. The Kier molecular flexibility index (Phi) is 6.81. The van der Waals surface area contributed by atoms with Crippen molar-refractivity contribution in [2.24, 2.45) is 0 Å². The van der Waals surface area contributed by atoms with Crippen LogP contribution in [0.2, 0.25) is 0 Å². The molecule has 1 rings (SSSR count). The number of ether oxygens (including phenoxy) is 2. The average molecular weight is 345 g/mol. The van der Waals surface area contributed by atoms with E-state index >= 15 is 0 Å². The van der Waals surface area contributed by atoms with Crippen LogP contribution >= 0.6 is 15.9 Å². The minimum Gasteiger partial charge on any atom is -0.496 e. The lowest BCUT2D eigenvalue weighted by molar-refractivity contribution is 0.118. The SMILES string of the molecule is COc1ccc(C(C)NC(=O)NCC(C)OC)cc1Br. The van der Waals surface area contributed by atoms with Crippen molar-refractivity contribution in [1.82, 2.24) is 10.6 Å². The van der Waals surface area contributed by atoms with Crippen molar-refractivity contribution in [1.29, 1.82) is 0 Å². The lowest BCUT2D eigenvalue weighted by Crippen LogP contribution is -2.40. The summed E-state index contributed by atoms with van der Waals surface area (Å²) in [6.45, 7) is 4.29. The van der Waals surface area contributed by atoms with E-state index in [2.05, 4.69) is 26.6 Å². The van der Waals surface area contributed by atoms with Crippen LogP contribution in [-0.2, 0) is 4.74 Å². The number of hydrogen-bond acceptors (Lipinski definition) is 3. The van der Waals surface area contributed by atoms with E-state index in [-0.39, 0.29) is 18.2 Å². The zero-order valence-electron chi connectivity index (χ0n) is 12.2. The summed E-state index contributed by atoms with van der Waals surface area (Å²) >= 11 is 3.43. The first-order valence-electron chi connectivity index (χ1n) is 6.38. The third-order valence-electron chi connectivity index (χ3n) is 2.98. The third kappa shape index (κ3) is 5.02. The molecule has 112 valence electrons. The minimum absolute atomic E-state index is 0.00816. The fourth-order valence-corrected chi connectivity index (χ4v) is 2.16. The molecule has 0 saturated carbocycles. The Bertz CT molecular complexity index is 454. The van der Waals surface area contributed by atoms with Crippen molar-refractivity contribution in [3.8, 4) is 5.75 Å². The van der Waals surface area contributed by atoms with Gasteiger partial charge >= 0.3 is 6.03 Å². The Morgan fingerprint density at radius 2 is 2.05 bits per heavy atom. The van der Waals surface area contributed by atoms with Crippen molar-refractivity contribution >= 4 is 22.0 Å². The number of methoxy groups -OCH3 is 2. The number of urea groups is 1. The van der Waals surface area contributed by atoms with Gasteiger partial charge < -0.3 is 20.1 Å². The second-order valence-electron chi connectivity index (χ2n) is 4.52. The van der Waals surface area contributed by atoms with Gasteiger partial charge in [-0.25, -0.2) is 4.79 Å². The molecule has 2 amide bonds. The molecule has 1 aromatic rings. The number of nitrogens with one attached hydrogen (secondary N) is 2. The van der Waals surface area contributed by atoms with Gasteiger partial charge in [-0.3, -0.25) is 0 Å². The summed E-state index contributed by atoms with van der Waals surface area (Å²) in [5.41, 5.74) is 0.993. The van der Waals surface area contributed by atoms with E-state index in [0.29, 0.717) is 6.54 Å². The van der Waals surface area contributed by atoms with Crippen molar-refractivity contribution in [3.63, 3.8) is 0 Å². The molecule has 2 N–H and O–H groups in total. The van der Waals surface area contributed by atoms with Crippen LogP contribution in [0.1, 0.15) is 25.5 Å². The number of carbonyl (C=O) groups excluding carboxylic acids is 1. The Labute approximate surface area is 128 Å². The van der Waals surface area contributed by atoms with E-state index in [4.69, 9.17) is 9.47 Å². The number of benzene rings is 1. The van der Waals surface area contributed by atoms with Crippen LogP contribution in [0.15, 0.2) is 22.7 Å². The number of rotatable bonds is 6. The molecule has 2 unspecified atom stereocenters. The predicted octanol–water partition coefficient (Wildman–Crippen LogP) is 2.85. The number of halogens is 1. The monoisotopic (exact) mass is 344 g/mol. The topological polar surface area (TPSA) is 59.6 Å². The summed E-state index contributed by atoms with van der Waals surface area (Å²) in [6, 6.07) is 5.40. The van der Waals surface area contributed by atoms with Crippen LogP contribution in [0, 0.1) is 0 Å². The first-order chi connectivity index (χ1) is 9.47. The maximum atomic E-state index is 11.7. The average Bonchev–Trinajstić information content (AvgIpc) is 2.44. The molecule has 0 heterocycles. The Morgan fingerprint density at radius 1 is 1.35 bits per heavy atom. The Hall–Kier alpha value is -1.27. The van der Waals surface area contributed by atoms with Crippen molar-refractivity contribution in [3.05, 3.63) is 28.2 Å². The molecule has 0 saturated heterocycles. The molecule has 2 atom stereocenters. The highest BCUT2D eigenvalue weighted by molar-refractivity contribution is 9.10. The predicted molar refractivity (Wildman–Crippen MR) is 82.1 cm³/mol. The van der Waals surface area contributed by atoms with Gasteiger partial charge in [0.2, 0.25) is 0 Å². The molecule has 0 spiro atoms. The molecular formula is C14H21BrN2O3. The van der Waals surface area contributed by atoms with Crippen molar-refractivity contribution < 1.29 is 14.3 Å². The van der Waals surface area contributed by atoms with E-state index in [9.17, 15) is 4.79 Å². The lowest BCUT2D eigenvalue weighted by atomic mass is 10.1. The molecule has 0 bridgehead atoms. The maximum Gasteiger partial charge on any atom is 0.315 e. The van der Waals surface area contributed by atoms with Crippen LogP contribution in [0.25, 0.3) is 0 Å². The Morgan fingerprint density at radius 3 is 2.60 bits per heavy atom. The first kappa shape index (κ1) is 16.8. The molecule has 0 fully saturated rings. The second kappa shape index (κ2) is 8.11. The summed E-state index contributed by atoms with van der Waals surface area (Å²) < 4.78 is 11.1.